The van der Waals surface area contributed by atoms with E-state index < -0.39 is 0 Å². The molecular formula is C23H33N7. The van der Waals surface area contributed by atoms with Crippen LogP contribution in [0.3, 0.4) is 0 Å². The van der Waals surface area contributed by atoms with Crippen LogP contribution in [-0.4, -0.2) is 57.5 Å². The first-order valence-corrected chi connectivity index (χ1v) is 10.9. The van der Waals surface area contributed by atoms with Crippen molar-refractivity contribution in [2.45, 2.75) is 46.6 Å². The molecule has 0 bridgehead atoms. The lowest BCUT2D eigenvalue weighted by Crippen LogP contribution is -2.42. The molecule has 2 aromatic rings. The molecule has 30 heavy (non-hydrogen) atoms. The van der Waals surface area contributed by atoms with Crippen molar-refractivity contribution in [2.75, 3.05) is 38.0 Å². The van der Waals surface area contributed by atoms with Crippen molar-refractivity contribution in [1.82, 2.24) is 24.8 Å². The van der Waals surface area contributed by atoms with E-state index in [4.69, 9.17) is 10.2 Å². The summed E-state index contributed by atoms with van der Waals surface area (Å²) in [4.78, 5) is 18.3. The Labute approximate surface area is 180 Å². The Hall–Kier alpha value is -2.56. The highest BCUT2D eigenvalue weighted by atomic mass is 15.2. The van der Waals surface area contributed by atoms with Gasteiger partial charge >= 0.3 is 0 Å². The Morgan fingerprint density at radius 1 is 1.23 bits per heavy atom. The maximum absolute atomic E-state index is 8.89. The van der Waals surface area contributed by atoms with Crippen molar-refractivity contribution in [1.29, 1.82) is 5.26 Å². The van der Waals surface area contributed by atoms with Crippen LogP contribution in [0.25, 0.3) is 0 Å². The van der Waals surface area contributed by atoms with E-state index in [-0.39, 0.29) is 5.41 Å². The first-order chi connectivity index (χ1) is 14.4. The van der Waals surface area contributed by atoms with Gasteiger partial charge in [-0.15, -0.1) is 0 Å². The van der Waals surface area contributed by atoms with Crippen molar-refractivity contribution in [2.24, 2.45) is 5.41 Å². The Morgan fingerprint density at radius 2 is 2.03 bits per heavy atom. The van der Waals surface area contributed by atoms with Crippen molar-refractivity contribution in [3.63, 3.8) is 0 Å². The van der Waals surface area contributed by atoms with Crippen LogP contribution in [0.5, 0.6) is 0 Å². The van der Waals surface area contributed by atoms with Gasteiger partial charge in [0.2, 0.25) is 5.95 Å². The van der Waals surface area contributed by atoms with Crippen molar-refractivity contribution < 1.29 is 0 Å². The van der Waals surface area contributed by atoms with E-state index >= 15 is 0 Å². The number of hydrogen-bond donors (Lipinski definition) is 1. The number of anilines is 2. The van der Waals surface area contributed by atoms with E-state index in [9.17, 15) is 0 Å². The predicted octanol–water partition coefficient (Wildman–Crippen LogP) is 3.99. The normalized spacial score (nSPS) is 17.3. The highest BCUT2D eigenvalue weighted by Crippen LogP contribution is 2.34. The molecule has 1 aliphatic rings. The molecule has 2 aromatic heterocycles. The van der Waals surface area contributed by atoms with E-state index in [1.165, 1.54) is 6.42 Å². The van der Waals surface area contributed by atoms with E-state index in [0.717, 1.165) is 50.5 Å². The van der Waals surface area contributed by atoms with Crippen LogP contribution in [0, 0.1) is 16.7 Å². The Kier molecular flexibility index (Phi) is 7.35. The molecule has 1 aliphatic heterocycles. The third-order valence-corrected chi connectivity index (χ3v) is 5.69. The predicted molar refractivity (Wildman–Crippen MR) is 119 cm³/mol. The average Bonchev–Trinajstić information content (AvgIpc) is 3.20. The monoisotopic (exact) mass is 407 g/mol. The van der Waals surface area contributed by atoms with Crippen LogP contribution in [0.4, 0.5) is 11.6 Å². The number of nitriles is 1. The van der Waals surface area contributed by atoms with Gasteiger partial charge in [0.05, 0.1) is 23.6 Å². The number of nitrogens with zero attached hydrogens (tertiary/aromatic N) is 6. The molecule has 0 aromatic carbocycles. The Balaban J connectivity index is 1.69. The second-order valence-electron chi connectivity index (χ2n) is 8.73. The minimum absolute atomic E-state index is 0.219. The minimum atomic E-state index is 0.219. The molecule has 0 radical (unpaired) electrons. The van der Waals surface area contributed by atoms with E-state index in [1.54, 1.807) is 12.3 Å². The molecule has 7 heteroatoms. The van der Waals surface area contributed by atoms with Gasteiger partial charge in [0.25, 0.3) is 0 Å². The van der Waals surface area contributed by atoms with Crippen LogP contribution in [0.15, 0.2) is 30.6 Å². The van der Waals surface area contributed by atoms with Gasteiger partial charge in [-0.1, -0.05) is 27.7 Å². The second-order valence-corrected chi connectivity index (χ2v) is 8.73. The quantitative estimate of drug-likeness (QED) is 0.673. The Morgan fingerprint density at radius 3 is 2.70 bits per heavy atom. The SMILES string of the molecule is CCN(CC)CC(C)(C)CN1CCCC1c1ccnc(Nc2ccc(C#N)nc2)n1. The molecule has 0 saturated carbocycles. The summed E-state index contributed by atoms with van der Waals surface area (Å²) in [6, 6.07) is 7.88. The van der Waals surface area contributed by atoms with Gasteiger partial charge in [0.1, 0.15) is 11.8 Å². The summed E-state index contributed by atoms with van der Waals surface area (Å²) in [5, 5.41) is 12.1. The smallest absolute Gasteiger partial charge is 0.227 e. The fourth-order valence-electron chi connectivity index (χ4n) is 4.28. The van der Waals surface area contributed by atoms with Crippen LogP contribution in [0.2, 0.25) is 0 Å². The highest BCUT2D eigenvalue weighted by molar-refractivity contribution is 5.52. The van der Waals surface area contributed by atoms with Crippen LogP contribution in [-0.2, 0) is 0 Å². The maximum atomic E-state index is 8.89. The summed E-state index contributed by atoms with van der Waals surface area (Å²) in [6.45, 7) is 14.7. The summed E-state index contributed by atoms with van der Waals surface area (Å²) < 4.78 is 0. The van der Waals surface area contributed by atoms with E-state index in [0.29, 0.717) is 17.7 Å². The van der Waals surface area contributed by atoms with Gasteiger partial charge in [0, 0.05) is 19.3 Å². The molecule has 1 saturated heterocycles. The largest absolute Gasteiger partial charge is 0.323 e. The minimum Gasteiger partial charge on any atom is -0.323 e. The lowest BCUT2D eigenvalue weighted by atomic mass is 9.91. The van der Waals surface area contributed by atoms with Gasteiger partial charge in [-0.3, -0.25) is 4.90 Å². The molecule has 1 atom stereocenters. The molecule has 1 unspecified atom stereocenters. The first kappa shape index (κ1) is 22.1. The second kappa shape index (κ2) is 9.96. The van der Waals surface area contributed by atoms with Gasteiger partial charge in [-0.2, -0.15) is 5.26 Å². The van der Waals surface area contributed by atoms with Gasteiger partial charge in [0.15, 0.2) is 0 Å². The fourth-order valence-corrected chi connectivity index (χ4v) is 4.28. The molecule has 7 nitrogen and oxygen atoms in total. The van der Waals surface area contributed by atoms with Crippen molar-refractivity contribution in [3.8, 4) is 6.07 Å². The number of pyridine rings is 1. The molecule has 1 N–H and O–H groups in total. The summed E-state index contributed by atoms with van der Waals surface area (Å²) in [6.07, 6.45) is 5.76. The molecule has 0 amide bonds. The molecule has 1 fully saturated rings. The summed E-state index contributed by atoms with van der Waals surface area (Å²) >= 11 is 0. The lowest BCUT2D eigenvalue weighted by Gasteiger charge is -2.37. The molecular weight excluding hydrogens is 374 g/mol. The highest BCUT2D eigenvalue weighted by Gasteiger charge is 2.32. The number of likely N-dealkylation sites (tertiary alicyclic amines) is 1. The standard InChI is InChI=1S/C23H33N7/c1-5-29(6-2)16-23(3,4)17-30-13-7-8-21(30)20-11-12-25-22(28-20)27-19-10-9-18(14-24)26-15-19/h9-12,15,21H,5-8,13,16-17H2,1-4H3,(H,25,27,28). The summed E-state index contributed by atoms with van der Waals surface area (Å²) in [5.74, 6) is 0.563. The number of hydrogen-bond acceptors (Lipinski definition) is 7. The van der Waals surface area contributed by atoms with Crippen LogP contribution >= 0.6 is 0 Å². The molecule has 3 rings (SSSR count). The molecule has 0 spiro atoms. The summed E-state index contributed by atoms with van der Waals surface area (Å²) in [5.41, 5.74) is 2.45. The molecule has 160 valence electrons. The van der Waals surface area contributed by atoms with Crippen LogP contribution < -0.4 is 5.32 Å². The molecule has 0 aliphatic carbocycles. The molecule has 3 heterocycles. The summed E-state index contributed by atoms with van der Waals surface area (Å²) in [7, 11) is 0. The third-order valence-electron chi connectivity index (χ3n) is 5.69. The number of nitrogens with one attached hydrogen (secondary N) is 1. The zero-order valence-corrected chi connectivity index (χ0v) is 18.6. The fraction of sp³-hybridized carbons (Fsp3) is 0.565. The third kappa shape index (κ3) is 5.74. The topological polar surface area (TPSA) is 81.0 Å². The van der Waals surface area contributed by atoms with E-state index in [2.05, 4.69) is 52.8 Å². The van der Waals surface area contributed by atoms with Crippen molar-refractivity contribution >= 4 is 11.6 Å². The number of rotatable bonds is 9. The van der Waals surface area contributed by atoms with Crippen molar-refractivity contribution in [3.05, 3.63) is 42.0 Å². The van der Waals surface area contributed by atoms with Gasteiger partial charge < -0.3 is 10.2 Å². The zero-order chi connectivity index (χ0) is 21.6. The van der Waals surface area contributed by atoms with E-state index in [1.807, 2.05) is 24.4 Å². The maximum Gasteiger partial charge on any atom is 0.227 e. The lowest BCUT2D eigenvalue weighted by molar-refractivity contribution is 0.117. The Bertz CT molecular complexity index is 853. The zero-order valence-electron chi connectivity index (χ0n) is 18.6. The average molecular weight is 408 g/mol. The number of aromatic nitrogens is 3. The van der Waals surface area contributed by atoms with Gasteiger partial charge in [-0.05, 0) is 56.1 Å². The van der Waals surface area contributed by atoms with Gasteiger partial charge in [-0.25, -0.2) is 15.0 Å². The first-order valence-electron chi connectivity index (χ1n) is 10.9. The van der Waals surface area contributed by atoms with Crippen LogP contribution in [0.1, 0.15) is 58.0 Å².